The molecule has 0 heterocycles. The van der Waals surface area contributed by atoms with Gasteiger partial charge in [-0.05, 0) is 63.5 Å². The van der Waals surface area contributed by atoms with Crippen molar-refractivity contribution in [2.75, 3.05) is 4.90 Å². The second-order valence-corrected chi connectivity index (χ2v) is 8.60. The fraction of sp³-hybridized carbons (Fsp3) is 0.500. The maximum Gasteiger partial charge on any atom is 0.424 e. The van der Waals surface area contributed by atoms with Crippen molar-refractivity contribution in [2.24, 2.45) is 0 Å². The number of nitrogens with zero attached hydrogens (tertiary/aromatic N) is 2. The van der Waals surface area contributed by atoms with E-state index in [4.69, 9.17) is 21.1 Å². The van der Waals surface area contributed by atoms with Crippen LogP contribution < -0.4 is 4.90 Å². The molecule has 0 radical (unpaired) electrons. The maximum absolute atomic E-state index is 12.6. The Labute approximate surface area is 164 Å². The summed E-state index contributed by atoms with van der Waals surface area (Å²) in [5.41, 5.74) is -2.76. The van der Waals surface area contributed by atoms with Gasteiger partial charge in [-0.2, -0.15) is 4.90 Å². The lowest BCUT2D eigenvalue weighted by Crippen LogP contribution is -2.44. The van der Waals surface area contributed by atoms with Crippen LogP contribution in [0, 0.1) is 10.1 Å². The molecule has 0 saturated carbocycles. The summed E-state index contributed by atoms with van der Waals surface area (Å²) >= 11 is 8.97. The predicted molar refractivity (Wildman–Crippen MR) is 101 cm³/mol. The first-order valence-electron chi connectivity index (χ1n) is 7.52. The number of ether oxygens (including phenoxy) is 2. The lowest BCUT2D eigenvalue weighted by atomic mass is 10.2. The number of hydrogen-bond acceptors (Lipinski definition) is 6. The third-order valence-electron chi connectivity index (χ3n) is 2.58. The summed E-state index contributed by atoms with van der Waals surface area (Å²) in [6.45, 7) is 9.60. The van der Waals surface area contributed by atoms with Gasteiger partial charge < -0.3 is 9.47 Å². The number of amides is 2. The van der Waals surface area contributed by atoms with Crippen LogP contribution in [0.2, 0.25) is 5.02 Å². The highest BCUT2D eigenvalue weighted by molar-refractivity contribution is 9.10. The molecule has 0 aliphatic carbocycles. The molecule has 0 aliphatic rings. The average molecular weight is 452 g/mol. The zero-order chi connectivity index (χ0) is 20.4. The third-order valence-corrected chi connectivity index (χ3v) is 3.40. The summed E-state index contributed by atoms with van der Waals surface area (Å²) in [5.74, 6) is 0. The zero-order valence-electron chi connectivity index (χ0n) is 15.3. The highest BCUT2D eigenvalue weighted by atomic mass is 79.9. The number of imide groups is 1. The molecule has 1 rings (SSSR count). The van der Waals surface area contributed by atoms with Crippen LogP contribution in [0.5, 0.6) is 0 Å². The number of carbonyl (C=O) groups is 2. The van der Waals surface area contributed by atoms with E-state index < -0.39 is 34.0 Å². The molecule has 1 aromatic carbocycles. The maximum atomic E-state index is 12.6. The lowest BCUT2D eigenvalue weighted by Gasteiger charge is -2.28. The van der Waals surface area contributed by atoms with Crippen LogP contribution >= 0.6 is 27.5 Å². The topological polar surface area (TPSA) is 99.0 Å². The van der Waals surface area contributed by atoms with E-state index >= 15 is 0 Å². The fourth-order valence-corrected chi connectivity index (χ4v) is 2.76. The van der Waals surface area contributed by atoms with E-state index in [1.54, 1.807) is 41.5 Å². The molecular weight excluding hydrogens is 432 g/mol. The molecule has 144 valence electrons. The largest absolute Gasteiger partial charge is 0.443 e. The monoisotopic (exact) mass is 450 g/mol. The van der Waals surface area contributed by atoms with E-state index in [1.807, 2.05) is 0 Å². The molecule has 8 nitrogen and oxygen atoms in total. The molecule has 0 aromatic heterocycles. The standard InChI is InChI=1S/C16H20BrClN2O6/c1-15(2,3)25-13(21)19(14(22)26-16(4,5)6)12-10(17)7-9(18)8-11(12)20(23)24/h7-8H,1-6H3. The van der Waals surface area contributed by atoms with Crippen molar-refractivity contribution in [1.82, 2.24) is 0 Å². The minimum Gasteiger partial charge on any atom is -0.443 e. The first-order valence-corrected chi connectivity index (χ1v) is 8.69. The van der Waals surface area contributed by atoms with Crippen LogP contribution in [-0.2, 0) is 9.47 Å². The molecule has 0 aliphatic heterocycles. The van der Waals surface area contributed by atoms with Gasteiger partial charge in [-0.25, -0.2) is 9.59 Å². The number of nitro groups is 1. The van der Waals surface area contributed by atoms with Crippen molar-refractivity contribution < 1.29 is 24.0 Å². The van der Waals surface area contributed by atoms with Crippen LogP contribution in [0.3, 0.4) is 0 Å². The van der Waals surface area contributed by atoms with Crippen LogP contribution in [0.15, 0.2) is 16.6 Å². The number of anilines is 1. The molecule has 2 amide bonds. The Morgan fingerprint density at radius 2 is 1.50 bits per heavy atom. The van der Waals surface area contributed by atoms with E-state index in [0.717, 1.165) is 6.07 Å². The van der Waals surface area contributed by atoms with E-state index in [2.05, 4.69) is 15.9 Å². The number of benzene rings is 1. The van der Waals surface area contributed by atoms with Crippen LogP contribution in [0.1, 0.15) is 41.5 Å². The minimum atomic E-state index is -1.11. The normalized spacial score (nSPS) is 11.7. The molecule has 10 heteroatoms. The molecule has 0 N–H and O–H groups in total. The summed E-state index contributed by atoms with van der Waals surface area (Å²) in [6.07, 6.45) is -2.23. The van der Waals surface area contributed by atoms with Gasteiger partial charge >= 0.3 is 12.2 Å². The van der Waals surface area contributed by atoms with E-state index in [-0.39, 0.29) is 15.2 Å². The Balaban J connectivity index is 3.58. The van der Waals surface area contributed by atoms with Gasteiger partial charge in [-0.3, -0.25) is 10.1 Å². The zero-order valence-corrected chi connectivity index (χ0v) is 17.6. The number of rotatable bonds is 2. The van der Waals surface area contributed by atoms with Crippen molar-refractivity contribution in [1.29, 1.82) is 0 Å². The van der Waals surface area contributed by atoms with Gasteiger partial charge in [-0.15, -0.1) is 0 Å². The number of halogens is 2. The van der Waals surface area contributed by atoms with Crippen LogP contribution in [0.4, 0.5) is 21.0 Å². The summed E-state index contributed by atoms with van der Waals surface area (Å²) in [5, 5.41) is 11.5. The van der Waals surface area contributed by atoms with E-state index in [9.17, 15) is 19.7 Å². The first kappa shape index (κ1) is 22.2. The van der Waals surface area contributed by atoms with Gasteiger partial charge in [0.05, 0.1) is 9.40 Å². The number of carbonyl (C=O) groups excluding carboxylic acids is 2. The SMILES string of the molecule is CC(C)(C)OC(=O)N(C(=O)OC(C)(C)C)c1c(Br)cc(Cl)cc1[N+](=O)[O-]. The molecule has 0 spiro atoms. The Morgan fingerprint density at radius 3 is 1.85 bits per heavy atom. The lowest BCUT2D eigenvalue weighted by molar-refractivity contribution is -0.384. The molecule has 0 atom stereocenters. The van der Waals surface area contributed by atoms with E-state index in [1.165, 1.54) is 6.07 Å². The van der Waals surface area contributed by atoms with Crippen molar-refractivity contribution in [3.8, 4) is 0 Å². The summed E-state index contributed by atoms with van der Waals surface area (Å²) in [4.78, 5) is 36.4. The molecule has 0 fully saturated rings. The minimum absolute atomic E-state index is 0.0562. The van der Waals surface area contributed by atoms with Gasteiger partial charge in [0, 0.05) is 11.1 Å². The third kappa shape index (κ3) is 6.14. The Morgan fingerprint density at radius 1 is 1.08 bits per heavy atom. The molecule has 0 unspecified atom stereocenters. The molecule has 26 heavy (non-hydrogen) atoms. The Bertz CT molecular complexity index is 711. The Kier molecular flexibility index (Phi) is 6.64. The summed E-state index contributed by atoms with van der Waals surface area (Å²) < 4.78 is 10.5. The fourth-order valence-electron chi connectivity index (χ4n) is 1.79. The Hall–Kier alpha value is -1.87. The second-order valence-electron chi connectivity index (χ2n) is 7.31. The van der Waals surface area contributed by atoms with Crippen LogP contribution in [0.25, 0.3) is 0 Å². The molecule has 0 bridgehead atoms. The van der Waals surface area contributed by atoms with Crippen molar-refractivity contribution >= 4 is 51.1 Å². The highest BCUT2D eigenvalue weighted by Crippen LogP contribution is 2.40. The van der Waals surface area contributed by atoms with Crippen molar-refractivity contribution in [2.45, 2.75) is 52.7 Å². The van der Waals surface area contributed by atoms with Gasteiger partial charge in [-0.1, -0.05) is 11.6 Å². The van der Waals surface area contributed by atoms with Gasteiger partial charge in [0.2, 0.25) is 0 Å². The van der Waals surface area contributed by atoms with Crippen LogP contribution in [-0.4, -0.2) is 28.3 Å². The number of hydrogen-bond donors (Lipinski definition) is 0. The first-order chi connectivity index (χ1) is 11.6. The smallest absolute Gasteiger partial charge is 0.424 e. The highest BCUT2D eigenvalue weighted by Gasteiger charge is 2.38. The second kappa shape index (κ2) is 7.79. The molecule has 0 saturated heterocycles. The summed E-state index contributed by atoms with van der Waals surface area (Å²) in [6, 6.07) is 2.36. The summed E-state index contributed by atoms with van der Waals surface area (Å²) in [7, 11) is 0. The van der Waals surface area contributed by atoms with Crippen molar-refractivity contribution in [3.05, 3.63) is 31.7 Å². The van der Waals surface area contributed by atoms with Gasteiger partial charge in [0.25, 0.3) is 5.69 Å². The molecular formula is C16H20BrClN2O6. The average Bonchev–Trinajstić information content (AvgIpc) is 2.36. The van der Waals surface area contributed by atoms with Gasteiger partial charge in [0.1, 0.15) is 11.2 Å². The quantitative estimate of drug-likeness (QED) is 0.423. The van der Waals surface area contributed by atoms with E-state index in [0.29, 0.717) is 4.90 Å². The van der Waals surface area contributed by atoms with Crippen molar-refractivity contribution in [3.63, 3.8) is 0 Å². The predicted octanol–water partition coefficient (Wildman–Crippen LogP) is 5.69. The number of nitro benzene ring substituents is 1. The van der Waals surface area contributed by atoms with Gasteiger partial charge in [0.15, 0.2) is 5.69 Å². The molecule has 1 aromatic rings.